The van der Waals surface area contributed by atoms with E-state index in [2.05, 4.69) is 97.9 Å². The molecule has 0 spiro atoms. The van der Waals surface area contributed by atoms with Gasteiger partial charge < -0.3 is 10.5 Å². The summed E-state index contributed by atoms with van der Waals surface area (Å²) in [7, 11) is 1.71. The van der Waals surface area contributed by atoms with Crippen LogP contribution in [0, 0.1) is 6.92 Å². The molecule has 2 atom stereocenters. The van der Waals surface area contributed by atoms with Gasteiger partial charge in [-0.15, -0.1) is 11.8 Å². The molecule has 0 heterocycles. The van der Waals surface area contributed by atoms with Crippen molar-refractivity contribution in [2.75, 3.05) is 12.9 Å². The summed E-state index contributed by atoms with van der Waals surface area (Å²) in [4.78, 5) is 0. The van der Waals surface area contributed by atoms with E-state index in [1.807, 2.05) is 30.0 Å². The molecule has 33 heavy (non-hydrogen) atoms. The first-order valence-electron chi connectivity index (χ1n) is 11.3. The molecular formula is C30H31NOS. The van der Waals surface area contributed by atoms with Crippen LogP contribution in [0.15, 0.2) is 109 Å². The van der Waals surface area contributed by atoms with Crippen LogP contribution in [-0.4, -0.2) is 18.9 Å². The first kappa shape index (κ1) is 23.2. The Bertz CT molecular complexity index is 1130. The van der Waals surface area contributed by atoms with E-state index in [0.29, 0.717) is 0 Å². The van der Waals surface area contributed by atoms with E-state index in [9.17, 15) is 0 Å². The highest BCUT2D eigenvalue weighted by atomic mass is 32.2. The summed E-state index contributed by atoms with van der Waals surface area (Å²) in [6.07, 6.45) is 0.856. The fourth-order valence-electron chi connectivity index (χ4n) is 4.24. The SMILES string of the molecule is COc1ccc(C(SC[C@@H](N)Cc2ccccc2)(c2ccccc2)c2ccc(C)cc2)cc1. The van der Waals surface area contributed by atoms with Gasteiger partial charge in [0, 0.05) is 11.8 Å². The van der Waals surface area contributed by atoms with Gasteiger partial charge in [-0.2, -0.15) is 0 Å². The Labute approximate surface area is 201 Å². The minimum absolute atomic E-state index is 0.0455. The smallest absolute Gasteiger partial charge is 0.118 e. The molecule has 1 unspecified atom stereocenters. The molecule has 0 amide bonds. The Morgan fingerprint density at radius 2 is 1.24 bits per heavy atom. The van der Waals surface area contributed by atoms with Crippen molar-refractivity contribution in [1.82, 2.24) is 0 Å². The van der Waals surface area contributed by atoms with Crippen LogP contribution in [0.3, 0.4) is 0 Å². The molecule has 0 aromatic heterocycles. The molecule has 3 heteroatoms. The minimum Gasteiger partial charge on any atom is -0.497 e. The summed E-state index contributed by atoms with van der Waals surface area (Å²) in [5.41, 5.74) is 12.9. The van der Waals surface area contributed by atoms with Crippen molar-refractivity contribution in [3.63, 3.8) is 0 Å². The van der Waals surface area contributed by atoms with Crippen LogP contribution < -0.4 is 10.5 Å². The summed E-state index contributed by atoms with van der Waals surface area (Å²) in [6, 6.07) is 38.7. The monoisotopic (exact) mass is 453 g/mol. The van der Waals surface area contributed by atoms with Gasteiger partial charge in [0.05, 0.1) is 11.9 Å². The molecule has 0 aliphatic rings. The van der Waals surface area contributed by atoms with E-state index in [1.165, 1.54) is 27.8 Å². The number of ether oxygens (including phenoxy) is 1. The molecule has 0 saturated heterocycles. The lowest BCUT2D eigenvalue weighted by Crippen LogP contribution is -2.32. The topological polar surface area (TPSA) is 35.2 Å². The lowest BCUT2D eigenvalue weighted by molar-refractivity contribution is 0.414. The number of thioether (sulfide) groups is 1. The number of rotatable bonds is 9. The molecule has 2 N–H and O–H groups in total. The molecule has 0 aliphatic heterocycles. The van der Waals surface area contributed by atoms with Gasteiger partial charge in [0.1, 0.15) is 5.75 Å². The van der Waals surface area contributed by atoms with Gasteiger partial charge in [-0.3, -0.25) is 0 Å². The summed E-state index contributed by atoms with van der Waals surface area (Å²) in [5, 5.41) is 0. The average molecular weight is 454 g/mol. The number of benzene rings is 4. The van der Waals surface area contributed by atoms with E-state index in [1.54, 1.807) is 7.11 Å². The van der Waals surface area contributed by atoms with Crippen LogP contribution in [0.5, 0.6) is 5.75 Å². The third-order valence-corrected chi connectivity index (χ3v) is 7.72. The second-order valence-corrected chi connectivity index (χ2v) is 9.64. The van der Waals surface area contributed by atoms with Crippen molar-refractivity contribution >= 4 is 11.8 Å². The maximum absolute atomic E-state index is 6.68. The number of hydrogen-bond donors (Lipinski definition) is 1. The molecule has 0 radical (unpaired) electrons. The number of nitrogens with two attached hydrogens (primary N) is 1. The van der Waals surface area contributed by atoms with Gasteiger partial charge in [0.25, 0.3) is 0 Å². The van der Waals surface area contributed by atoms with Crippen LogP contribution in [0.1, 0.15) is 27.8 Å². The van der Waals surface area contributed by atoms with Crippen molar-refractivity contribution in [3.05, 3.63) is 137 Å². The van der Waals surface area contributed by atoms with E-state index in [0.717, 1.165) is 17.9 Å². The second kappa shape index (κ2) is 10.7. The first-order valence-corrected chi connectivity index (χ1v) is 12.3. The number of aryl methyl sites for hydroxylation is 1. The average Bonchev–Trinajstić information content (AvgIpc) is 2.87. The van der Waals surface area contributed by atoms with E-state index >= 15 is 0 Å². The van der Waals surface area contributed by atoms with Gasteiger partial charge in [0.2, 0.25) is 0 Å². The van der Waals surface area contributed by atoms with Gasteiger partial charge in [-0.25, -0.2) is 0 Å². The zero-order valence-corrected chi connectivity index (χ0v) is 20.1. The highest BCUT2D eigenvalue weighted by molar-refractivity contribution is 8.00. The lowest BCUT2D eigenvalue weighted by Gasteiger charge is -2.36. The Morgan fingerprint density at radius 3 is 1.82 bits per heavy atom. The van der Waals surface area contributed by atoms with Crippen LogP contribution in [0.2, 0.25) is 0 Å². The maximum atomic E-state index is 6.68. The van der Waals surface area contributed by atoms with Crippen LogP contribution >= 0.6 is 11.8 Å². The molecule has 168 valence electrons. The quantitative estimate of drug-likeness (QED) is 0.290. The maximum Gasteiger partial charge on any atom is 0.118 e. The first-order chi connectivity index (χ1) is 16.1. The minimum atomic E-state index is -0.379. The summed E-state index contributed by atoms with van der Waals surface area (Å²) in [5.74, 6) is 1.68. The predicted molar refractivity (Wildman–Crippen MR) is 141 cm³/mol. The highest BCUT2D eigenvalue weighted by Crippen LogP contribution is 2.49. The van der Waals surface area contributed by atoms with E-state index < -0.39 is 0 Å². The fraction of sp³-hybridized carbons (Fsp3) is 0.200. The van der Waals surface area contributed by atoms with Crippen molar-refractivity contribution in [2.24, 2.45) is 5.73 Å². The number of methoxy groups -OCH3 is 1. The summed E-state index contributed by atoms with van der Waals surface area (Å²) >= 11 is 1.91. The van der Waals surface area contributed by atoms with Crippen molar-refractivity contribution in [1.29, 1.82) is 0 Å². The molecular weight excluding hydrogens is 422 g/mol. The standard InChI is InChI=1S/C30H31NOS/c1-23-13-15-26(16-14-23)30(25-11-7-4-8-12-25,27-17-19-29(32-2)20-18-27)33-22-28(31)21-24-9-5-3-6-10-24/h3-20,28H,21-22,31H2,1-2H3/t28-,30?/m0/s1. The Hall–Kier alpha value is -3.01. The largest absolute Gasteiger partial charge is 0.497 e. The molecule has 4 rings (SSSR count). The zero-order valence-electron chi connectivity index (χ0n) is 19.3. The Balaban J connectivity index is 1.77. The predicted octanol–water partition coefficient (Wildman–Crippen LogP) is 6.60. The van der Waals surface area contributed by atoms with Crippen molar-refractivity contribution < 1.29 is 4.74 Å². The van der Waals surface area contributed by atoms with Crippen LogP contribution in [0.25, 0.3) is 0 Å². The lowest BCUT2D eigenvalue weighted by atomic mass is 9.83. The Morgan fingerprint density at radius 1 is 0.727 bits per heavy atom. The molecule has 0 saturated carbocycles. The highest BCUT2D eigenvalue weighted by Gasteiger charge is 2.37. The van der Waals surface area contributed by atoms with Crippen molar-refractivity contribution in [3.8, 4) is 5.75 Å². The second-order valence-electron chi connectivity index (χ2n) is 8.40. The summed E-state index contributed by atoms with van der Waals surface area (Å²) in [6.45, 7) is 2.13. The zero-order chi connectivity index (χ0) is 23.1. The van der Waals surface area contributed by atoms with Crippen LogP contribution in [-0.2, 0) is 11.2 Å². The number of hydrogen-bond acceptors (Lipinski definition) is 3. The third-order valence-electron chi connectivity index (χ3n) is 5.99. The third kappa shape index (κ3) is 5.32. The molecule has 2 nitrogen and oxygen atoms in total. The normalized spacial score (nSPS) is 13.8. The fourth-order valence-corrected chi connectivity index (χ4v) is 5.73. The Kier molecular flexibility index (Phi) is 7.54. The van der Waals surface area contributed by atoms with Crippen LogP contribution in [0.4, 0.5) is 0 Å². The summed E-state index contributed by atoms with van der Waals surface area (Å²) < 4.78 is 5.07. The van der Waals surface area contributed by atoms with Crippen molar-refractivity contribution in [2.45, 2.75) is 24.1 Å². The molecule has 0 fully saturated rings. The van der Waals surface area contributed by atoms with E-state index in [-0.39, 0.29) is 10.8 Å². The van der Waals surface area contributed by atoms with Gasteiger partial charge in [-0.1, -0.05) is 103 Å². The van der Waals surface area contributed by atoms with Gasteiger partial charge >= 0.3 is 0 Å². The molecule has 4 aromatic rings. The van der Waals surface area contributed by atoms with E-state index in [4.69, 9.17) is 10.5 Å². The molecule has 4 aromatic carbocycles. The molecule has 0 bridgehead atoms. The molecule has 0 aliphatic carbocycles. The van der Waals surface area contributed by atoms with Gasteiger partial charge in [0.15, 0.2) is 0 Å². The van der Waals surface area contributed by atoms with Gasteiger partial charge in [-0.05, 0) is 47.7 Å².